The molecule has 1 aromatic carbocycles. The van der Waals surface area contributed by atoms with Crippen LogP contribution in [0.4, 0.5) is 5.69 Å². The molecule has 1 aromatic rings. The molecule has 1 rings (SSSR count). The highest BCUT2D eigenvalue weighted by atomic mass is 16.1. The van der Waals surface area contributed by atoms with Crippen LogP contribution in [0, 0.1) is 12.8 Å². The van der Waals surface area contributed by atoms with Crippen LogP contribution in [0.25, 0.3) is 0 Å². The van der Waals surface area contributed by atoms with Gasteiger partial charge in [0.05, 0.1) is 6.04 Å². The minimum atomic E-state index is 0.0328. The van der Waals surface area contributed by atoms with Crippen LogP contribution < -0.4 is 11.1 Å². The van der Waals surface area contributed by atoms with E-state index in [0.29, 0.717) is 5.92 Å². The molecule has 0 radical (unpaired) electrons. The SMILES string of the molecule is Cc1ccc(C(NC=O)C(C)C)cc1N. The van der Waals surface area contributed by atoms with E-state index in [2.05, 4.69) is 19.2 Å². The standard InChI is InChI=1S/C12H18N2O/c1-8(2)12(14-7-15)10-5-4-9(3)11(13)6-10/h4-8,12H,13H2,1-3H3,(H,14,15). The van der Waals surface area contributed by atoms with Gasteiger partial charge >= 0.3 is 0 Å². The molecule has 0 aliphatic carbocycles. The summed E-state index contributed by atoms with van der Waals surface area (Å²) in [6.07, 6.45) is 0.737. The summed E-state index contributed by atoms with van der Waals surface area (Å²) >= 11 is 0. The Morgan fingerprint density at radius 1 is 1.40 bits per heavy atom. The third-order valence-electron chi connectivity index (χ3n) is 2.58. The molecule has 0 spiro atoms. The molecule has 0 saturated heterocycles. The smallest absolute Gasteiger partial charge is 0.207 e. The highest BCUT2D eigenvalue weighted by molar-refractivity contribution is 5.52. The van der Waals surface area contributed by atoms with Crippen molar-refractivity contribution in [2.45, 2.75) is 26.8 Å². The van der Waals surface area contributed by atoms with Gasteiger partial charge in [-0.3, -0.25) is 4.79 Å². The number of hydrogen-bond donors (Lipinski definition) is 2. The quantitative estimate of drug-likeness (QED) is 0.585. The van der Waals surface area contributed by atoms with Gasteiger partial charge in [-0.15, -0.1) is 0 Å². The lowest BCUT2D eigenvalue weighted by molar-refractivity contribution is -0.110. The van der Waals surface area contributed by atoms with Crippen LogP contribution in [-0.2, 0) is 4.79 Å². The number of rotatable bonds is 4. The maximum Gasteiger partial charge on any atom is 0.207 e. The molecule has 0 aliphatic rings. The summed E-state index contributed by atoms with van der Waals surface area (Å²) in [6.45, 7) is 6.10. The number of aryl methyl sites for hydroxylation is 1. The average molecular weight is 206 g/mol. The van der Waals surface area contributed by atoms with Gasteiger partial charge in [-0.1, -0.05) is 26.0 Å². The molecule has 0 heterocycles. The second kappa shape index (κ2) is 4.82. The van der Waals surface area contributed by atoms with E-state index in [1.807, 2.05) is 25.1 Å². The van der Waals surface area contributed by atoms with Crippen LogP contribution >= 0.6 is 0 Å². The van der Waals surface area contributed by atoms with Crippen molar-refractivity contribution < 1.29 is 4.79 Å². The second-order valence-electron chi connectivity index (χ2n) is 4.12. The van der Waals surface area contributed by atoms with Crippen molar-refractivity contribution in [1.29, 1.82) is 0 Å². The van der Waals surface area contributed by atoms with Gasteiger partial charge in [-0.05, 0) is 30.0 Å². The first-order chi connectivity index (χ1) is 7.06. The van der Waals surface area contributed by atoms with Crippen LogP contribution in [-0.4, -0.2) is 6.41 Å². The number of nitrogens with two attached hydrogens (primary N) is 1. The Labute approximate surface area is 90.7 Å². The topological polar surface area (TPSA) is 55.1 Å². The zero-order valence-electron chi connectivity index (χ0n) is 9.45. The lowest BCUT2D eigenvalue weighted by atomic mass is 9.95. The monoisotopic (exact) mass is 206 g/mol. The molecule has 3 heteroatoms. The molecule has 0 saturated carbocycles. The van der Waals surface area contributed by atoms with Crippen molar-refractivity contribution in [2.24, 2.45) is 5.92 Å². The summed E-state index contributed by atoms with van der Waals surface area (Å²) in [7, 11) is 0. The van der Waals surface area contributed by atoms with E-state index in [1.165, 1.54) is 0 Å². The van der Waals surface area contributed by atoms with Gasteiger partial charge in [0.15, 0.2) is 0 Å². The number of carbonyl (C=O) groups excluding carboxylic acids is 1. The molecule has 3 nitrogen and oxygen atoms in total. The molecule has 1 unspecified atom stereocenters. The van der Waals surface area contributed by atoms with Crippen molar-refractivity contribution in [1.82, 2.24) is 5.32 Å². The van der Waals surface area contributed by atoms with Crippen molar-refractivity contribution in [3.05, 3.63) is 29.3 Å². The molecule has 0 bridgehead atoms. The predicted molar refractivity (Wildman–Crippen MR) is 62.4 cm³/mol. The van der Waals surface area contributed by atoms with E-state index in [4.69, 9.17) is 5.73 Å². The first kappa shape index (κ1) is 11.6. The Morgan fingerprint density at radius 3 is 2.53 bits per heavy atom. The summed E-state index contributed by atoms with van der Waals surface area (Å²) in [5.41, 5.74) is 8.73. The zero-order valence-corrected chi connectivity index (χ0v) is 9.45. The third-order valence-corrected chi connectivity index (χ3v) is 2.58. The minimum Gasteiger partial charge on any atom is -0.399 e. The number of carbonyl (C=O) groups is 1. The van der Waals surface area contributed by atoms with Crippen LogP contribution in [0.3, 0.4) is 0 Å². The Balaban J connectivity index is 3.00. The van der Waals surface area contributed by atoms with E-state index in [-0.39, 0.29) is 6.04 Å². The maximum absolute atomic E-state index is 10.5. The van der Waals surface area contributed by atoms with E-state index >= 15 is 0 Å². The first-order valence-electron chi connectivity index (χ1n) is 5.12. The van der Waals surface area contributed by atoms with Crippen molar-refractivity contribution >= 4 is 12.1 Å². The molecular weight excluding hydrogens is 188 g/mol. The molecule has 0 aromatic heterocycles. The summed E-state index contributed by atoms with van der Waals surface area (Å²) in [4.78, 5) is 10.5. The number of amides is 1. The normalized spacial score (nSPS) is 12.5. The van der Waals surface area contributed by atoms with Gasteiger partial charge in [-0.25, -0.2) is 0 Å². The predicted octanol–water partition coefficient (Wildman–Crippen LogP) is 2.02. The lowest BCUT2D eigenvalue weighted by Crippen LogP contribution is -2.24. The fourth-order valence-electron chi connectivity index (χ4n) is 1.60. The van der Waals surface area contributed by atoms with Gasteiger partial charge in [0.1, 0.15) is 0 Å². The Morgan fingerprint density at radius 2 is 2.07 bits per heavy atom. The Kier molecular flexibility index (Phi) is 3.72. The average Bonchev–Trinajstić information content (AvgIpc) is 2.18. The van der Waals surface area contributed by atoms with Gasteiger partial charge in [0.25, 0.3) is 0 Å². The molecule has 0 fully saturated rings. The van der Waals surface area contributed by atoms with E-state index < -0.39 is 0 Å². The van der Waals surface area contributed by atoms with Gasteiger partial charge in [0, 0.05) is 5.69 Å². The van der Waals surface area contributed by atoms with Crippen LogP contribution in [0.15, 0.2) is 18.2 Å². The molecule has 82 valence electrons. The van der Waals surface area contributed by atoms with Crippen molar-refractivity contribution in [2.75, 3.05) is 5.73 Å². The highest BCUT2D eigenvalue weighted by Crippen LogP contribution is 2.24. The number of benzene rings is 1. The fraction of sp³-hybridized carbons (Fsp3) is 0.417. The van der Waals surface area contributed by atoms with E-state index in [0.717, 1.165) is 23.2 Å². The summed E-state index contributed by atoms with van der Waals surface area (Å²) in [6, 6.07) is 5.95. The Hall–Kier alpha value is -1.51. The second-order valence-corrected chi connectivity index (χ2v) is 4.12. The highest BCUT2D eigenvalue weighted by Gasteiger charge is 2.14. The summed E-state index contributed by atoms with van der Waals surface area (Å²) in [5.74, 6) is 0.345. The Bertz CT molecular complexity index is 347. The van der Waals surface area contributed by atoms with Gasteiger partial charge in [-0.2, -0.15) is 0 Å². The molecule has 0 aliphatic heterocycles. The van der Waals surface area contributed by atoms with Crippen molar-refractivity contribution in [3.8, 4) is 0 Å². The molecule has 15 heavy (non-hydrogen) atoms. The first-order valence-corrected chi connectivity index (χ1v) is 5.12. The number of anilines is 1. The molecule has 1 amide bonds. The largest absolute Gasteiger partial charge is 0.399 e. The van der Waals surface area contributed by atoms with E-state index in [9.17, 15) is 4.79 Å². The molecular formula is C12H18N2O. The van der Waals surface area contributed by atoms with E-state index in [1.54, 1.807) is 0 Å². The zero-order chi connectivity index (χ0) is 11.4. The van der Waals surface area contributed by atoms with Gasteiger partial charge < -0.3 is 11.1 Å². The number of hydrogen-bond acceptors (Lipinski definition) is 2. The lowest BCUT2D eigenvalue weighted by Gasteiger charge is -2.21. The summed E-state index contributed by atoms with van der Waals surface area (Å²) < 4.78 is 0. The van der Waals surface area contributed by atoms with Crippen LogP contribution in [0.5, 0.6) is 0 Å². The third kappa shape index (κ3) is 2.72. The number of nitrogens with one attached hydrogen (secondary N) is 1. The van der Waals surface area contributed by atoms with Crippen molar-refractivity contribution in [3.63, 3.8) is 0 Å². The fourth-order valence-corrected chi connectivity index (χ4v) is 1.60. The molecule has 3 N–H and O–H groups in total. The van der Waals surface area contributed by atoms with Gasteiger partial charge in [0.2, 0.25) is 6.41 Å². The molecule has 1 atom stereocenters. The van der Waals surface area contributed by atoms with Crippen LogP contribution in [0.2, 0.25) is 0 Å². The number of nitrogen functional groups attached to an aromatic ring is 1. The maximum atomic E-state index is 10.5. The van der Waals surface area contributed by atoms with Crippen LogP contribution in [0.1, 0.15) is 31.0 Å². The minimum absolute atomic E-state index is 0.0328. The summed E-state index contributed by atoms with van der Waals surface area (Å²) in [5, 5.41) is 2.81.